The predicted octanol–water partition coefficient (Wildman–Crippen LogP) is 0.661. The number of hydrazone groups is 1. The van der Waals surface area contributed by atoms with E-state index in [1.54, 1.807) is 19.1 Å². The first kappa shape index (κ1) is 10.0. The molecule has 0 spiro atoms. The minimum absolute atomic E-state index is 0.670. The van der Waals surface area contributed by atoms with Gasteiger partial charge in [-0.25, -0.2) is 10.2 Å². The van der Waals surface area contributed by atoms with Gasteiger partial charge in [-0.05, 0) is 24.6 Å². The third kappa shape index (κ3) is 2.78. The van der Waals surface area contributed by atoms with Gasteiger partial charge in [0.25, 0.3) is 0 Å². The fraction of sp³-hybridized carbons (Fsp3) is 0.111. The van der Waals surface area contributed by atoms with Gasteiger partial charge in [0.15, 0.2) is 0 Å². The van der Waals surface area contributed by atoms with Gasteiger partial charge in [-0.1, -0.05) is 12.1 Å². The second kappa shape index (κ2) is 4.27. The Morgan fingerprint density at radius 2 is 1.93 bits per heavy atom. The van der Waals surface area contributed by atoms with Gasteiger partial charge in [-0.15, -0.1) is 0 Å². The fourth-order valence-corrected chi connectivity index (χ4v) is 0.928. The van der Waals surface area contributed by atoms with Gasteiger partial charge in [-0.2, -0.15) is 5.10 Å². The zero-order chi connectivity index (χ0) is 10.6. The van der Waals surface area contributed by atoms with Crippen molar-refractivity contribution in [2.75, 3.05) is 5.73 Å². The molecule has 0 aromatic heterocycles. The molecule has 0 heterocycles. The topological polar surface area (TPSA) is 93.5 Å². The van der Waals surface area contributed by atoms with Crippen LogP contribution in [0.4, 0.5) is 10.5 Å². The van der Waals surface area contributed by atoms with Crippen molar-refractivity contribution in [3.05, 3.63) is 29.8 Å². The quantitative estimate of drug-likeness (QED) is 0.365. The van der Waals surface area contributed by atoms with Crippen LogP contribution in [0.25, 0.3) is 0 Å². The molecule has 1 aromatic carbocycles. The summed E-state index contributed by atoms with van der Waals surface area (Å²) in [6, 6.07) is 6.48. The van der Waals surface area contributed by atoms with E-state index in [1.807, 2.05) is 12.1 Å². The van der Waals surface area contributed by atoms with Crippen LogP contribution in [0.2, 0.25) is 0 Å². The van der Waals surface area contributed by atoms with E-state index in [4.69, 9.17) is 11.5 Å². The Kier molecular flexibility index (Phi) is 3.06. The van der Waals surface area contributed by atoms with Crippen LogP contribution < -0.4 is 16.9 Å². The molecule has 5 N–H and O–H groups in total. The van der Waals surface area contributed by atoms with Crippen molar-refractivity contribution in [3.63, 3.8) is 0 Å². The van der Waals surface area contributed by atoms with Crippen molar-refractivity contribution < 1.29 is 4.79 Å². The van der Waals surface area contributed by atoms with Crippen LogP contribution in [-0.4, -0.2) is 11.7 Å². The number of anilines is 1. The number of nitrogens with one attached hydrogen (secondary N) is 1. The zero-order valence-electron chi connectivity index (χ0n) is 7.82. The summed E-state index contributed by atoms with van der Waals surface area (Å²) in [4.78, 5) is 10.4. The molecular weight excluding hydrogens is 180 g/mol. The lowest BCUT2D eigenvalue weighted by molar-refractivity contribution is 0.249. The molecule has 0 saturated carbocycles. The summed E-state index contributed by atoms with van der Waals surface area (Å²) < 4.78 is 0. The normalized spacial score (nSPS) is 11.1. The Morgan fingerprint density at radius 3 is 2.43 bits per heavy atom. The molecule has 1 rings (SSSR count). The highest BCUT2D eigenvalue weighted by Gasteiger charge is 1.96. The van der Waals surface area contributed by atoms with Crippen molar-refractivity contribution >= 4 is 17.4 Å². The molecule has 14 heavy (non-hydrogen) atoms. The second-order valence-corrected chi connectivity index (χ2v) is 2.80. The van der Waals surface area contributed by atoms with Gasteiger partial charge in [-0.3, -0.25) is 0 Å². The van der Waals surface area contributed by atoms with Crippen molar-refractivity contribution in [2.45, 2.75) is 6.92 Å². The van der Waals surface area contributed by atoms with Crippen molar-refractivity contribution in [1.82, 2.24) is 5.43 Å². The molecule has 0 unspecified atom stereocenters. The van der Waals surface area contributed by atoms with E-state index >= 15 is 0 Å². The second-order valence-electron chi connectivity index (χ2n) is 2.80. The minimum Gasteiger partial charge on any atom is -0.399 e. The van der Waals surface area contributed by atoms with Crippen LogP contribution in [0.5, 0.6) is 0 Å². The maximum absolute atomic E-state index is 10.4. The van der Waals surface area contributed by atoms with Crippen LogP contribution in [0.1, 0.15) is 12.5 Å². The summed E-state index contributed by atoms with van der Waals surface area (Å²) in [5.41, 5.74) is 14.8. The van der Waals surface area contributed by atoms with Crippen molar-refractivity contribution in [3.8, 4) is 0 Å². The molecule has 2 amide bonds. The van der Waals surface area contributed by atoms with Gasteiger partial charge in [0.05, 0.1) is 5.71 Å². The summed E-state index contributed by atoms with van der Waals surface area (Å²) >= 11 is 0. The summed E-state index contributed by atoms with van der Waals surface area (Å²) in [6.45, 7) is 1.77. The third-order valence-corrected chi connectivity index (χ3v) is 1.66. The molecule has 0 aliphatic rings. The number of nitrogens with two attached hydrogens (primary N) is 2. The number of carbonyl (C=O) groups excluding carboxylic acids is 1. The molecule has 0 atom stereocenters. The first-order valence-electron chi connectivity index (χ1n) is 4.05. The number of amides is 2. The smallest absolute Gasteiger partial charge is 0.332 e. The van der Waals surface area contributed by atoms with Gasteiger partial charge in [0.1, 0.15) is 0 Å². The molecular formula is C9H12N4O. The lowest BCUT2D eigenvalue weighted by Gasteiger charge is -2.00. The summed E-state index contributed by atoms with van der Waals surface area (Å²) in [5.74, 6) is 0. The van der Waals surface area contributed by atoms with Crippen LogP contribution in [0.3, 0.4) is 0 Å². The molecule has 5 nitrogen and oxygen atoms in total. The number of rotatable bonds is 2. The summed E-state index contributed by atoms with van der Waals surface area (Å²) in [7, 11) is 0. The molecule has 74 valence electrons. The Labute approximate surface area is 81.8 Å². The summed E-state index contributed by atoms with van der Waals surface area (Å²) in [5, 5.41) is 3.77. The van der Waals surface area contributed by atoms with E-state index in [-0.39, 0.29) is 0 Å². The first-order chi connectivity index (χ1) is 6.59. The number of hydrogen-bond donors (Lipinski definition) is 3. The highest BCUT2D eigenvalue weighted by Crippen LogP contribution is 2.06. The van der Waals surface area contributed by atoms with E-state index in [9.17, 15) is 4.79 Å². The van der Waals surface area contributed by atoms with Crippen LogP contribution in [0, 0.1) is 0 Å². The van der Waals surface area contributed by atoms with Crippen LogP contribution in [-0.2, 0) is 0 Å². The standard InChI is InChI=1S/C9H12N4O/c1-6(12-13-9(11)14)7-2-4-8(10)5-3-7/h2-5H,10H2,1H3,(H3,11,13,14)/b12-6+. The Hall–Kier alpha value is -2.04. The maximum atomic E-state index is 10.4. The number of nitrogen functional groups attached to an aromatic ring is 1. The minimum atomic E-state index is -0.681. The highest BCUT2D eigenvalue weighted by atomic mass is 16.2. The number of benzene rings is 1. The largest absolute Gasteiger partial charge is 0.399 e. The molecule has 1 aromatic rings. The Bertz CT molecular complexity index is 356. The first-order valence-corrected chi connectivity index (χ1v) is 4.05. The Morgan fingerprint density at radius 1 is 1.36 bits per heavy atom. The van der Waals surface area contributed by atoms with E-state index in [2.05, 4.69) is 10.5 Å². The number of carbonyl (C=O) groups is 1. The summed E-state index contributed by atoms with van der Waals surface area (Å²) in [6.07, 6.45) is 0. The molecule has 0 bridgehead atoms. The van der Waals surface area contributed by atoms with E-state index in [0.29, 0.717) is 11.4 Å². The monoisotopic (exact) mass is 192 g/mol. The highest BCUT2D eigenvalue weighted by molar-refractivity contribution is 5.99. The fourth-order valence-electron chi connectivity index (χ4n) is 0.928. The molecule has 0 radical (unpaired) electrons. The predicted molar refractivity (Wildman–Crippen MR) is 55.8 cm³/mol. The number of nitrogens with zero attached hydrogens (tertiary/aromatic N) is 1. The van der Waals surface area contributed by atoms with E-state index in [1.165, 1.54) is 0 Å². The average Bonchev–Trinajstić information content (AvgIpc) is 2.15. The SMILES string of the molecule is C/C(=N\NC(N)=O)c1ccc(N)cc1. The molecule has 5 heteroatoms. The Balaban J connectivity index is 2.78. The molecule has 0 aliphatic heterocycles. The average molecular weight is 192 g/mol. The lowest BCUT2D eigenvalue weighted by Crippen LogP contribution is -2.25. The maximum Gasteiger partial charge on any atom is 0.332 e. The molecule has 0 aliphatic carbocycles. The number of hydrogen-bond acceptors (Lipinski definition) is 3. The van der Waals surface area contributed by atoms with Crippen LogP contribution in [0.15, 0.2) is 29.4 Å². The van der Waals surface area contributed by atoms with Crippen molar-refractivity contribution in [1.29, 1.82) is 0 Å². The lowest BCUT2D eigenvalue weighted by atomic mass is 10.1. The van der Waals surface area contributed by atoms with Gasteiger partial charge < -0.3 is 11.5 Å². The zero-order valence-corrected chi connectivity index (χ0v) is 7.82. The van der Waals surface area contributed by atoms with Crippen molar-refractivity contribution in [2.24, 2.45) is 10.8 Å². The van der Waals surface area contributed by atoms with Gasteiger partial charge >= 0.3 is 6.03 Å². The van der Waals surface area contributed by atoms with Gasteiger partial charge in [0.2, 0.25) is 0 Å². The van der Waals surface area contributed by atoms with E-state index < -0.39 is 6.03 Å². The number of urea groups is 1. The van der Waals surface area contributed by atoms with Gasteiger partial charge in [0, 0.05) is 5.69 Å². The van der Waals surface area contributed by atoms with Crippen LogP contribution >= 0.6 is 0 Å². The third-order valence-electron chi connectivity index (χ3n) is 1.66. The van der Waals surface area contributed by atoms with E-state index in [0.717, 1.165) is 5.56 Å². The number of primary amides is 1. The molecule has 0 saturated heterocycles. The molecule has 0 fully saturated rings.